The van der Waals surface area contributed by atoms with E-state index in [1.54, 1.807) is 12.1 Å². The van der Waals surface area contributed by atoms with E-state index in [1.807, 2.05) is 6.07 Å². The lowest BCUT2D eigenvalue weighted by molar-refractivity contribution is 0.515. The molecular formula is C16H21BrFN. The van der Waals surface area contributed by atoms with Crippen LogP contribution in [-0.2, 0) is 0 Å². The van der Waals surface area contributed by atoms with Crippen LogP contribution in [0.25, 0.3) is 0 Å². The van der Waals surface area contributed by atoms with Crippen molar-refractivity contribution >= 4 is 15.9 Å². The SMILES string of the molecule is CCCNC(C1=CCCCC1)c1cc(Br)ccc1F. The van der Waals surface area contributed by atoms with Crippen molar-refractivity contribution in [3.63, 3.8) is 0 Å². The highest BCUT2D eigenvalue weighted by Gasteiger charge is 2.20. The highest BCUT2D eigenvalue weighted by atomic mass is 79.9. The van der Waals surface area contributed by atoms with Gasteiger partial charge in [-0.2, -0.15) is 0 Å². The molecule has 104 valence electrons. The lowest BCUT2D eigenvalue weighted by atomic mass is 9.89. The topological polar surface area (TPSA) is 12.0 Å². The number of nitrogens with one attached hydrogen (secondary N) is 1. The summed E-state index contributed by atoms with van der Waals surface area (Å²) in [6, 6.07) is 5.23. The lowest BCUT2D eigenvalue weighted by Gasteiger charge is -2.25. The highest BCUT2D eigenvalue weighted by Crippen LogP contribution is 2.32. The third-order valence-electron chi connectivity index (χ3n) is 3.56. The summed E-state index contributed by atoms with van der Waals surface area (Å²) in [5.41, 5.74) is 2.10. The molecule has 0 heterocycles. The van der Waals surface area contributed by atoms with Crippen molar-refractivity contribution in [2.75, 3.05) is 6.54 Å². The second kappa shape index (κ2) is 7.20. The van der Waals surface area contributed by atoms with Crippen LogP contribution in [-0.4, -0.2) is 6.54 Å². The van der Waals surface area contributed by atoms with Gasteiger partial charge >= 0.3 is 0 Å². The van der Waals surface area contributed by atoms with Crippen molar-refractivity contribution in [1.29, 1.82) is 0 Å². The molecule has 0 bridgehead atoms. The van der Waals surface area contributed by atoms with Crippen LogP contribution < -0.4 is 5.32 Å². The van der Waals surface area contributed by atoms with Crippen molar-refractivity contribution in [2.24, 2.45) is 0 Å². The molecule has 19 heavy (non-hydrogen) atoms. The van der Waals surface area contributed by atoms with E-state index in [4.69, 9.17) is 0 Å². The van der Waals surface area contributed by atoms with E-state index in [0.717, 1.165) is 35.8 Å². The predicted molar refractivity (Wildman–Crippen MR) is 81.7 cm³/mol. The average Bonchev–Trinajstić information content (AvgIpc) is 2.44. The summed E-state index contributed by atoms with van der Waals surface area (Å²) >= 11 is 3.44. The highest BCUT2D eigenvalue weighted by molar-refractivity contribution is 9.10. The first-order chi connectivity index (χ1) is 9.22. The fourth-order valence-electron chi connectivity index (χ4n) is 2.59. The van der Waals surface area contributed by atoms with Gasteiger partial charge in [0.25, 0.3) is 0 Å². The zero-order valence-electron chi connectivity index (χ0n) is 11.4. The monoisotopic (exact) mass is 325 g/mol. The van der Waals surface area contributed by atoms with E-state index in [0.29, 0.717) is 0 Å². The van der Waals surface area contributed by atoms with Crippen molar-refractivity contribution in [2.45, 2.75) is 45.1 Å². The minimum absolute atomic E-state index is 0.0257. The Hall–Kier alpha value is -0.670. The predicted octanol–water partition coefficient (Wildman–Crippen LogP) is 5.13. The Kier molecular flexibility index (Phi) is 5.59. The Balaban J connectivity index is 2.30. The Bertz CT molecular complexity index is 456. The molecule has 0 saturated heterocycles. The van der Waals surface area contributed by atoms with Crippen LogP contribution in [0, 0.1) is 5.82 Å². The van der Waals surface area contributed by atoms with Gasteiger partial charge < -0.3 is 5.32 Å². The van der Waals surface area contributed by atoms with Crippen molar-refractivity contribution in [3.05, 3.63) is 45.7 Å². The van der Waals surface area contributed by atoms with Crippen LogP contribution in [0.3, 0.4) is 0 Å². The van der Waals surface area contributed by atoms with Gasteiger partial charge in [-0.15, -0.1) is 0 Å². The molecule has 0 aromatic heterocycles. The van der Waals surface area contributed by atoms with E-state index in [1.165, 1.54) is 18.4 Å². The Labute approximate surface area is 123 Å². The maximum atomic E-state index is 14.1. The number of hydrogen-bond donors (Lipinski definition) is 1. The molecule has 1 unspecified atom stereocenters. The summed E-state index contributed by atoms with van der Waals surface area (Å²) in [5.74, 6) is -0.122. The third-order valence-corrected chi connectivity index (χ3v) is 4.06. The second-order valence-electron chi connectivity index (χ2n) is 5.08. The molecule has 0 spiro atoms. The molecule has 1 atom stereocenters. The van der Waals surface area contributed by atoms with Gasteiger partial charge in [0.1, 0.15) is 5.82 Å². The first-order valence-corrected chi connectivity index (χ1v) is 7.89. The molecule has 1 aromatic rings. The van der Waals surface area contributed by atoms with Crippen molar-refractivity contribution in [3.8, 4) is 0 Å². The number of benzene rings is 1. The first kappa shape index (κ1) is 14.7. The van der Waals surface area contributed by atoms with Gasteiger partial charge in [-0.3, -0.25) is 0 Å². The Morgan fingerprint density at radius 3 is 2.89 bits per heavy atom. The van der Waals surface area contributed by atoms with Crippen LogP contribution in [0.1, 0.15) is 50.6 Å². The fourth-order valence-corrected chi connectivity index (χ4v) is 2.97. The largest absolute Gasteiger partial charge is 0.306 e. The van der Waals surface area contributed by atoms with Gasteiger partial charge in [0.2, 0.25) is 0 Å². The maximum Gasteiger partial charge on any atom is 0.128 e. The van der Waals surface area contributed by atoms with Crippen LogP contribution >= 0.6 is 15.9 Å². The molecule has 0 aliphatic heterocycles. The molecular weight excluding hydrogens is 305 g/mol. The quantitative estimate of drug-likeness (QED) is 0.740. The molecule has 2 rings (SSSR count). The summed E-state index contributed by atoms with van der Waals surface area (Å²) in [5, 5.41) is 3.49. The van der Waals surface area contributed by atoms with E-state index in [-0.39, 0.29) is 11.9 Å². The third kappa shape index (κ3) is 3.90. The first-order valence-electron chi connectivity index (χ1n) is 7.09. The molecule has 0 radical (unpaired) electrons. The molecule has 0 amide bonds. The summed E-state index contributed by atoms with van der Waals surface area (Å²) in [7, 11) is 0. The lowest BCUT2D eigenvalue weighted by Crippen LogP contribution is -2.25. The molecule has 1 aliphatic rings. The molecule has 1 nitrogen and oxygen atoms in total. The summed E-state index contributed by atoms with van der Waals surface area (Å²) < 4.78 is 15.0. The number of allylic oxidation sites excluding steroid dienone is 1. The minimum Gasteiger partial charge on any atom is -0.306 e. The van der Waals surface area contributed by atoms with E-state index in [9.17, 15) is 4.39 Å². The maximum absolute atomic E-state index is 14.1. The van der Waals surface area contributed by atoms with Gasteiger partial charge in [-0.25, -0.2) is 4.39 Å². The van der Waals surface area contributed by atoms with Gasteiger partial charge in [-0.1, -0.05) is 34.5 Å². The van der Waals surface area contributed by atoms with Gasteiger partial charge in [0, 0.05) is 10.0 Å². The zero-order chi connectivity index (χ0) is 13.7. The summed E-state index contributed by atoms with van der Waals surface area (Å²) in [6.45, 7) is 3.05. The zero-order valence-corrected chi connectivity index (χ0v) is 13.0. The number of rotatable bonds is 5. The molecule has 1 aromatic carbocycles. The van der Waals surface area contributed by atoms with Gasteiger partial charge in [-0.05, 0) is 56.8 Å². The van der Waals surface area contributed by atoms with Crippen molar-refractivity contribution < 1.29 is 4.39 Å². The Morgan fingerprint density at radius 1 is 1.37 bits per heavy atom. The fraction of sp³-hybridized carbons (Fsp3) is 0.500. The summed E-state index contributed by atoms with van der Waals surface area (Å²) in [6.07, 6.45) is 8.01. The van der Waals surface area contributed by atoms with E-state index < -0.39 is 0 Å². The molecule has 3 heteroatoms. The van der Waals surface area contributed by atoms with Crippen LogP contribution in [0.2, 0.25) is 0 Å². The molecule has 1 aliphatic carbocycles. The smallest absolute Gasteiger partial charge is 0.128 e. The Morgan fingerprint density at radius 2 is 2.21 bits per heavy atom. The molecule has 0 fully saturated rings. The number of hydrogen-bond acceptors (Lipinski definition) is 1. The minimum atomic E-state index is -0.122. The summed E-state index contributed by atoms with van der Waals surface area (Å²) in [4.78, 5) is 0. The molecule has 1 N–H and O–H groups in total. The average molecular weight is 326 g/mol. The van der Waals surface area contributed by atoms with E-state index in [2.05, 4.69) is 34.2 Å². The van der Waals surface area contributed by atoms with Crippen molar-refractivity contribution in [1.82, 2.24) is 5.32 Å². The van der Waals surface area contributed by atoms with Gasteiger partial charge in [0.15, 0.2) is 0 Å². The van der Waals surface area contributed by atoms with Gasteiger partial charge in [0.05, 0.1) is 6.04 Å². The van der Waals surface area contributed by atoms with Crippen LogP contribution in [0.5, 0.6) is 0 Å². The van der Waals surface area contributed by atoms with Crippen LogP contribution in [0.4, 0.5) is 4.39 Å². The number of halogens is 2. The normalized spacial score (nSPS) is 17.1. The van der Waals surface area contributed by atoms with E-state index >= 15 is 0 Å². The standard InChI is InChI=1S/C16H21BrFN/c1-2-10-19-16(12-6-4-3-5-7-12)14-11-13(17)8-9-15(14)18/h6,8-9,11,16,19H,2-5,7,10H2,1H3. The molecule has 0 saturated carbocycles. The second-order valence-corrected chi connectivity index (χ2v) is 5.99. The van der Waals surface area contributed by atoms with Crippen LogP contribution in [0.15, 0.2) is 34.3 Å².